The Labute approximate surface area is 519 Å². The smallest absolute Gasteiger partial charge is 0.407 e. The first-order valence-electron chi connectivity index (χ1n) is 31.2. The number of carbonyl (C=O) groups excluding carboxylic acids is 5. The molecule has 4 aliphatic rings. The Bertz CT molecular complexity index is 2930. The van der Waals surface area contributed by atoms with E-state index in [1.807, 2.05) is 84.3 Å². The zero-order valence-corrected chi connectivity index (χ0v) is 55.2. The van der Waals surface area contributed by atoms with Crippen LogP contribution in [-0.2, 0) is 60.6 Å². The van der Waals surface area contributed by atoms with E-state index >= 15 is 9.59 Å². The number of aliphatic hydroxyl groups is 3. The summed E-state index contributed by atoms with van der Waals surface area (Å²) in [6.07, 6.45) is 0.582. The number of anilines is 1. The van der Waals surface area contributed by atoms with Gasteiger partial charge in [0.1, 0.15) is 40.5 Å². The molecule has 484 valence electrons. The number of ether oxygens (including phenoxy) is 6. The van der Waals surface area contributed by atoms with Gasteiger partial charge in [0.15, 0.2) is 5.79 Å². The van der Waals surface area contributed by atoms with Gasteiger partial charge < -0.3 is 54.8 Å². The summed E-state index contributed by atoms with van der Waals surface area (Å²) in [6.45, 7) is 27.6. The number of rotatable bonds is 12. The predicted octanol–water partition coefficient (Wildman–Crippen LogP) is 9.78. The average Bonchev–Trinajstić information content (AvgIpc) is 1.65. The lowest BCUT2D eigenvalue weighted by Gasteiger charge is -2.39. The number of benzene rings is 1. The molecule has 21 heteroatoms. The molecule has 6 N–H and O–H groups in total. The van der Waals surface area contributed by atoms with Gasteiger partial charge in [-0.05, 0) is 126 Å². The number of alkyl carbamates (subject to hydrolysis) is 1. The molecule has 6 heterocycles. The van der Waals surface area contributed by atoms with E-state index in [1.165, 1.54) is 11.8 Å². The molecular formula is C66H100N6O14S. The normalized spacial score (nSPS) is 32.7. The third-order valence-electron chi connectivity index (χ3n) is 18.9. The van der Waals surface area contributed by atoms with Gasteiger partial charge in [0, 0.05) is 61.4 Å². The number of hydrogen-bond donors (Lipinski definition) is 5. The van der Waals surface area contributed by atoms with Crippen LogP contribution in [-0.4, -0.2) is 143 Å². The van der Waals surface area contributed by atoms with Crippen LogP contribution in [0.5, 0.6) is 0 Å². The minimum atomic E-state index is -1.47. The van der Waals surface area contributed by atoms with Gasteiger partial charge in [0.25, 0.3) is 0 Å². The Morgan fingerprint density at radius 2 is 1.43 bits per heavy atom. The molecule has 4 fully saturated rings. The number of ketones is 2. The third kappa shape index (κ3) is 17.2. The Morgan fingerprint density at radius 3 is 2.05 bits per heavy atom. The molecule has 14 atom stereocenters. The van der Waals surface area contributed by atoms with E-state index in [4.69, 9.17) is 44.4 Å². The number of fused-ring (bicyclic) bond motifs is 2. The van der Waals surface area contributed by atoms with Crippen molar-refractivity contribution in [2.75, 3.05) is 18.5 Å². The number of nitrogens with two attached hydrogens (primary N) is 1. The lowest BCUT2D eigenvalue weighted by molar-refractivity contribution is -0.175. The SMILES string of the molecule is CSc1cc(/C=C(\C)[C@@H]2C[C@@H]3O[C@]3(C)CCC[C@H](C)[C@H](O)[C@@H](C)C(=O)C(C)(C)[C@@H](O[C@@]34CCC[C@H](C)[C@H](O)[C@@H](C)C(=O)C(C)(C)[C@@H](O)CC(=O)O[C@H](C(C)(C)Cc5ccn(-c6ccc(N)cc6)n5)C[C@@H]3O4)CC(=O)O2)n(CCNC(=O)OC(C)(C)C)n1. The first kappa shape index (κ1) is 69.3. The van der Waals surface area contributed by atoms with E-state index in [0.717, 1.165) is 22.8 Å². The average molecular weight is 1230 g/mol. The summed E-state index contributed by atoms with van der Waals surface area (Å²) in [5, 5.41) is 48.5. The van der Waals surface area contributed by atoms with E-state index in [-0.39, 0.29) is 37.2 Å². The zero-order valence-electron chi connectivity index (χ0n) is 54.3. The highest BCUT2D eigenvalue weighted by Crippen LogP contribution is 2.52. The number of hydrogen-bond acceptors (Lipinski definition) is 18. The maximum absolute atomic E-state index is 15.2. The second-order valence-electron chi connectivity index (χ2n) is 28.4. The maximum atomic E-state index is 15.2. The summed E-state index contributed by atoms with van der Waals surface area (Å²) < 4.78 is 42.5. The minimum absolute atomic E-state index is 0.0847. The highest BCUT2D eigenvalue weighted by molar-refractivity contribution is 7.98. The number of amides is 1. The number of Topliss-reactive ketones (excluding diaryl/α,β-unsaturated/α-hetero) is 2. The number of carbonyl (C=O) groups is 5. The predicted molar refractivity (Wildman–Crippen MR) is 331 cm³/mol. The van der Waals surface area contributed by atoms with Gasteiger partial charge in [-0.2, -0.15) is 10.2 Å². The first-order valence-corrected chi connectivity index (χ1v) is 32.4. The van der Waals surface area contributed by atoms with Crippen LogP contribution in [0.3, 0.4) is 0 Å². The second-order valence-corrected chi connectivity index (χ2v) is 29.3. The number of aromatic nitrogens is 4. The van der Waals surface area contributed by atoms with Crippen LogP contribution >= 0.6 is 11.8 Å². The number of thioether (sulfide) groups is 1. The summed E-state index contributed by atoms with van der Waals surface area (Å²) in [5.41, 5.74) is 4.64. The van der Waals surface area contributed by atoms with E-state index in [0.29, 0.717) is 62.0 Å². The molecule has 0 unspecified atom stereocenters. The van der Waals surface area contributed by atoms with Gasteiger partial charge in [-0.1, -0.05) is 75.7 Å². The number of nitrogens with one attached hydrogen (secondary N) is 1. The number of nitrogen functional groups attached to an aromatic ring is 1. The fourth-order valence-electron chi connectivity index (χ4n) is 12.6. The van der Waals surface area contributed by atoms with E-state index < -0.39 is 130 Å². The minimum Gasteiger partial charge on any atom is -0.462 e. The van der Waals surface area contributed by atoms with Crippen molar-refractivity contribution in [3.05, 3.63) is 59.6 Å². The summed E-state index contributed by atoms with van der Waals surface area (Å²) >= 11 is 1.47. The molecule has 0 saturated carbocycles. The van der Waals surface area contributed by atoms with Gasteiger partial charge in [-0.3, -0.25) is 23.9 Å². The first-order chi connectivity index (χ1) is 40.5. The van der Waals surface area contributed by atoms with Crippen molar-refractivity contribution >= 4 is 53.1 Å². The van der Waals surface area contributed by atoms with E-state index in [1.54, 1.807) is 83.8 Å². The maximum Gasteiger partial charge on any atom is 0.407 e. The van der Waals surface area contributed by atoms with E-state index in [9.17, 15) is 29.7 Å². The van der Waals surface area contributed by atoms with Crippen LogP contribution in [0.4, 0.5) is 10.5 Å². The topological polar surface area (TPSA) is 282 Å². The Kier molecular flexibility index (Phi) is 21.9. The number of aliphatic hydroxyl groups excluding tert-OH is 3. The molecule has 4 saturated heterocycles. The fourth-order valence-corrected chi connectivity index (χ4v) is 13.0. The second kappa shape index (κ2) is 27.5. The molecule has 1 aromatic carbocycles. The van der Waals surface area contributed by atoms with Gasteiger partial charge in [0.2, 0.25) is 0 Å². The molecule has 1 amide bonds. The third-order valence-corrected chi connectivity index (χ3v) is 19.5. The number of cyclic esters (lactones) is 2. The number of esters is 2. The number of nitrogens with zero attached hydrogens (tertiary/aromatic N) is 4. The molecule has 0 bridgehead atoms. The van der Waals surface area contributed by atoms with Gasteiger partial charge in [-0.25, -0.2) is 9.48 Å². The Balaban J connectivity index is 1.25. The van der Waals surface area contributed by atoms with Crippen molar-refractivity contribution < 1.29 is 67.7 Å². The van der Waals surface area contributed by atoms with Crippen LogP contribution in [0.25, 0.3) is 11.8 Å². The van der Waals surface area contributed by atoms with Crippen LogP contribution in [0.2, 0.25) is 0 Å². The summed E-state index contributed by atoms with van der Waals surface area (Å²) in [5.74, 6) is -6.02. The monoisotopic (exact) mass is 1230 g/mol. The van der Waals surface area contributed by atoms with Gasteiger partial charge >= 0.3 is 18.0 Å². The molecular weight excluding hydrogens is 1130 g/mol. The van der Waals surface area contributed by atoms with Crippen LogP contribution in [0.1, 0.15) is 179 Å². The largest absolute Gasteiger partial charge is 0.462 e. The fraction of sp³-hybridized carbons (Fsp3) is 0.712. The summed E-state index contributed by atoms with van der Waals surface area (Å²) in [4.78, 5) is 71.3. The molecule has 7 rings (SSSR count). The van der Waals surface area contributed by atoms with Crippen LogP contribution in [0, 0.1) is 39.9 Å². The highest BCUT2D eigenvalue weighted by atomic mass is 32.2. The molecule has 2 aromatic heterocycles. The standard InChI is InChI=1S/C66H100N6O14S/c1-38-19-17-26-65(15)51(83-65)33-47(40(3)31-46-32-53(87-16)70-72(46)30-28-68-60(80)86-61(6,7)8)81-55(75)36-50(64(13,14)59(79)42(5)57(38)77)84-66-27-18-20-39(2)56(76)41(4)58(78)63(11,12)48(73)34-54(74)82-49(35-52(66)85-66)62(9,10)37-44-25-29-71(69-44)45-23-21-43(67)22-24-45/h21-25,29,31-32,38-39,41-42,47-52,56-57,73,76-77H,17-20,26-28,30,33-37,67H2,1-16H3,(H,68,80)/b40-31+/t38-,39-,41+,42+,47-,48-,49-,50-,51-,52-,56-,57-,65+,66+/m0/s1. The molecule has 20 nitrogen and oxygen atoms in total. The highest BCUT2D eigenvalue weighted by Gasteiger charge is 2.62. The van der Waals surface area contributed by atoms with Crippen molar-refractivity contribution in [1.82, 2.24) is 24.9 Å². The molecule has 0 aliphatic carbocycles. The van der Waals surface area contributed by atoms with Crippen molar-refractivity contribution in [3.8, 4) is 5.69 Å². The molecule has 0 radical (unpaired) electrons. The Morgan fingerprint density at radius 1 is 0.816 bits per heavy atom. The summed E-state index contributed by atoms with van der Waals surface area (Å²) in [6, 6.07) is 11.1. The Hall–Kier alpha value is -5.16. The van der Waals surface area contributed by atoms with Crippen molar-refractivity contribution in [2.24, 2.45) is 39.9 Å². The zero-order chi connectivity index (χ0) is 64.4. The number of epoxide rings is 2. The van der Waals surface area contributed by atoms with Crippen LogP contribution in [0.15, 0.2) is 53.2 Å². The lowest BCUT2D eigenvalue weighted by Crippen LogP contribution is -2.49. The van der Waals surface area contributed by atoms with Crippen molar-refractivity contribution in [3.63, 3.8) is 0 Å². The van der Waals surface area contributed by atoms with Gasteiger partial charge in [-0.15, -0.1) is 11.8 Å². The van der Waals surface area contributed by atoms with Gasteiger partial charge in [0.05, 0.1) is 83.4 Å². The molecule has 3 aromatic rings. The van der Waals surface area contributed by atoms with Crippen molar-refractivity contribution in [1.29, 1.82) is 0 Å². The van der Waals surface area contributed by atoms with E-state index in [2.05, 4.69) is 5.32 Å². The lowest BCUT2D eigenvalue weighted by atomic mass is 9.72. The van der Waals surface area contributed by atoms with Crippen molar-refractivity contribution in [2.45, 2.75) is 252 Å². The summed E-state index contributed by atoms with van der Waals surface area (Å²) in [7, 11) is 0. The molecule has 4 aliphatic heterocycles. The molecule has 0 spiro atoms. The quantitative estimate of drug-likeness (QED) is 0.0371. The molecule has 87 heavy (non-hydrogen) atoms. The van der Waals surface area contributed by atoms with Crippen LogP contribution < -0.4 is 11.1 Å².